The third kappa shape index (κ3) is 3.82. The van der Waals surface area contributed by atoms with E-state index in [0.29, 0.717) is 10.6 Å². The molecule has 4 nitrogen and oxygen atoms in total. The van der Waals surface area contributed by atoms with Crippen LogP contribution in [0.4, 0.5) is 13.2 Å². The predicted molar refractivity (Wildman–Crippen MR) is 100 cm³/mol. The quantitative estimate of drug-likeness (QED) is 0.762. The van der Waals surface area contributed by atoms with E-state index >= 15 is 0 Å². The second-order valence-corrected chi connectivity index (χ2v) is 7.72. The van der Waals surface area contributed by atoms with Gasteiger partial charge in [0.1, 0.15) is 11.5 Å². The minimum absolute atomic E-state index is 0.0327. The van der Waals surface area contributed by atoms with Crippen LogP contribution in [-0.2, 0) is 12.0 Å². The van der Waals surface area contributed by atoms with Crippen molar-refractivity contribution in [2.24, 2.45) is 10.7 Å². The maximum atomic E-state index is 14.5. The van der Waals surface area contributed by atoms with Gasteiger partial charge in [-0.2, -0.15) is 0 Å². The summed E-state index contributed by atoms with van der Waals surface area (Å²) in [6.45, 7) is 1.14. The topological polar surface area (TPSA) is 68.3 Å². The van der Waals surface area contributed by atoms with Crippen molar-refractivity contribution in [3.63, 3.8) is 0 Å². The van der Waals surface area contributed by atoms with Crippen LogP contribution in [0.25, 0.3) is 0 Å². The zero-order chi connectivity index (χ0) is 19.8. The number of hydrogen-bond donors (Lipinski definition) is 1. The molecule has 1 aromatic heterocycles. The van der Waals surface area contributed by atoms with E-state index in [9.17, 15) is 18.0 Å². The Morgan fingerprint density at radius 2 is 2.07 bits per heavy atom. The zero-order valence-corrected chi connectivity index (χ0v) is 15.8. The second kappa shape index (κ2) is 7.16. The van der Waals surface area contributed by atoms with E-state index in [2.05, 4.69) is 9.98 Å². The first kappa shape index (κ1) is 19.7. The Bertz CT molecular complexity index is 921. The van der Waals surface area contributed by atoms with Crippen molar-refractivity contribution in [3.05, 3.63) is 64.2 Å². The zero-order valence-electron chi connectivity index (χ0n) is 14.2. The summed E-state index contributed by atoms with van der Waals surface area (Å²) < 4.78 is 43.5. The van der Waals surface area contributed by atoms with Gasteiger partial charge >= 0.3 is 0 Å². The van der Waals surface area contributed by atoms with Gasteiger partial charge < -0.3 is 5.73 Å². The number of rotatable bonds is 4. The van der Waals surface area contributed by atoms with Crippen LogP contribution in [0.1, 0.15) is 28.5 Å². The Labute approximate surface area is 163 Å². The molecule has 0 aliphatic carbocycles. The van der Waals surface area contributed by atoms with Gasteiger partial charge in [-0.1, -0.05) is 29.4 Å². The average molecular weight is 414 g/mol. The second-order valence-electron chi connectivity index (χ2n) is 6.29. The number of halogens is 4. The van der Waals surface area contributed by atoms with Crippen molar-refractivity contribution in [3.8, 4) is 0 Å². The molecule has 0 saturated carbocycles. The molecule has 2 aromatic rings. The molecule has 1 aliphatic rings. The summed E-state index contributed by atoms with van der Waals surface area (Å²) in [5.41, 5.74) is 3.71. The van der Waals surface area contributed by atoms with E-state index in [4.69, 9.17) is 17.3 Å². The smallest absolute Gasteiger partial charge is 0.286 e. The molecule has 0 radical (unpaired) electrons. The Kier molecular flexibility index (Phi) is 5.22. The Morgan fingerprint density at radius 1 is 1.33 bits per heavy atom. The summed E-state index contributed by atoms with van der Waals surface area (Å²) in [7, 11) is 0. The number of aromatic nitrogens is 1. The number of aliphatic imine (C=N–C) groups is 1. The summed E-state index contributed by atoms with van der Waals surface area (Å²) in [6, 6.07) is 6.66. The van der Waals surface area contributed by atoms with Crippen molar-refractivity contribution >= 4 is 34.3 Å². The van der Waals surface area contributed by atoms with Gasteiger partial charge in [0.15, 0.2) is 16.5 Å². The molecule has 1 aromatic carbocycles. The van der Waals surface area contributed by atoms with Crippen LogP contribution in [0.5, 0.6) is 0 Å². The molecular weight excluding hydrogens is 399 g/mol. The van der Waals surface area contributed by atoms with Crippen molar-refractivity contribution in [2.45, 2.75) is 24.8 Å². The molecule has 3 rings (SSSR count). The van der Waals surface area contributed by atoms with Gasteiger partial charge in [0.05, 0.1) is 10.8 Å². The maximum Gasteiger partial charge on any atom is 0.286 e. The molecule has 1 aliphatic heterocycles. The van der Waals surface area contributed by atoms with E-state index in [1.54, 1.807) is 0 Å². The number of nitrogens with two attached hydrogens (primary N) is 1. The number of Topliss-reactive ketones (excluding diaryl/α,β-unsaturated/α-hetero) is 1. The fraction of sp³-hybridized carbons (Fsp3) is 0.278. The van der Waals surface area contributed by atoms with Gasteiger partial charge in [-0.15, -0.1) is 0 Å². The molecule has 0 fully saturated rings. The van der Waals surface area contributed by atoms with Crippen LogP contribution in [0, 0.1) is 5.82 Å². The van der Waals surface area contributed by atoms with Crippen LogP contribution >= 0.6 is 23.4 Å². The van der Waals surface area contributed by atoms with Crippen molar-refractivity contribution < 1.29 is 18.0 Å². The fourth-order valence-corrected chi connectivity index (χ4v) is 3.74. The largest absolute Gasteiger partial charge is 0.379 e. The lowest BCUT2D eigenvalue weighted by molar-refractivity contribution is -0.0484. The fourth-order valence-electron chi connectivity index (χ4n) is 2.77. The maximum absolute atomic E-state index is 14.5. The van der Waals surface area contributed by atoms with Gasteiger partial charge in [0.25, 0.3) is 5.92 Å². The summed E-state index contributed by atoms with van der Waals surface area (Å²) in [5, 5.41) is 0.353. The molecule has 0 saturated heterocycles. The molecule has 27 heavy (non-hydrogen) atoms. The van der Waals surface area contributed by atoms with E-state index in [1.807, 2.05) is 0 Å². The lowest BCUT2D eigenvalue weighted by Crippen LogP contribution is -2.48. The number of thioether (sulfide) groups is 1. The molecule has 0 unspecified atom stereocenters. The standard InChI is InChI=1S/C18H15ClF3N3OS/c1-17(18(21,22)9-27-16(23)25-17)12-6-10(2-4-13(12)20)7-15(26)14-5-3-11(19)8-24-14/h2-6,8H,7,9H2,1H3,(H2,23,25)/t17-/m1/s1. The Hall–Kier alpha value is -2.06. The minimum atomic E-state index is -3.30. The van der Waals surface area contributed by atoms with Crippen LogP contribution in [0.3, 0.4) is 0 Å². The van der Waals surface area contributed by atoms with E-state index in [0.717, 1.165) is 24.8 Å². The normalized spacial score (nSPS) is 21.6. The predicted octanol–water partition coefficient (Wildman–Crippen LogP) is 4.21. The van der Waals surface area contributed by atoms with Gasteiger partial charge in [-0.05, 0) is 36.8 Å². The number of benzene rings is 1. The van der Waals surface area contributed by atoms with Gasteiger partial charge in [0.2, 0.25) is 0 Å². The Morgan fingerprint density at radius 3 is 2.74 bits per heavy atom. The summed E-state index contributed by atoms with van der Waals surface area (Å²) in [5.74, 6) is -5.08. The molecule has 9 heteroatoms. The highest BCUT2D eigenvalue weighted by Crippen LogP contribution is 2.47. The lowest BCUT2D eigenvalue weighted by Gasteiger charge is -2.37. The van der Waals surface area contributed by atoms with Gasteiger partial charge in [-0.25, -0.2) is 18.2 Å². The highest BCUT2D eigenvalue weighted by Gasteiger charge is 2.55. The summed E-state index contributed by atoms with van der Waals surface area (Å²) >= 11 is 6.47. The number of amidine groups is 1. The number of nitrogens with zero attached hydrogens (tertiary/aromatic N) is 2. The SMILES string of the molecule is C[C@]1(c2cc(CC(=O)c3ccc(Cl)cn3)ccc2F)N=C(N)SCC1(F)F. The molecule has 1 atom stereocenters. The van der Waals surface area contributed by atoms with E-state index in [-0.39, 0.29) is 28.6 Å². The first-order valence-electron chi connectivity index (χ1n) is 7.92. The molecule has 142 valence electrons. The Balaban J connectivity index is 1.96. The van der Waals surface area contributed by atoms with Crippen molar-refractivity contribution in [1.29, 1.82) is 0 Å². The number of hydrogen-bond acceptors (Lipinski definition) is 5. The lowest BCUT2D eigenvalue weighted by atomic mass is 9.84. The van der Waals surface area contributed by atoms with Gasteiger partial charge in [-0.3, -0.25) is 9.78 Å². The number of ketones is 1. The summed E-state index contributed by atoms with van der Waals surface area (Å²) in [4.78, 5) is 20.1. The van der Waals surface area contributed by atoms with Gasteiger partial charge in [0, 0.05) is 18.2 Å². The first-order chi connectivity index (χ1) is 12.6. The first-order valence-corrected chi connectivity index (χ1v) is 9.28. The van der Waals surface area contributed by atoms with Crippen molar-refractivity contribution in [2.75, 3.05) is 5.75 Å². The number of carbonyl (C=O) groups excluding carboxylic acids is 1. The molecule has 0 spiro atoms. The molecule has 2 N–H and O–H groups in total. The van der Waals surface area contributed by atoms with E-state index < -0.39 is 23.0 Å². The highest BCUT2D eigenvalue weighted by atomic mass is 35.5. The van der Waals surface area contributed by atoms with Crippen LogP contribution in [0.2, 0.25) is 5.02 Å². The number of alkyl halides is 2. The van der Waals surface area contributed by atoms with Crippen LogP contribution in [-0.4, -0.2) is 27.6 Å². The highest BCUT2D eigenvalue weighted by molar-refractivity contribution is 8.13. The summed E-state index contributed by atoms with van der Waals surface area (Å²) in [6.07, 6.45) is 1.21. The molecular formula is C18H15ClF3N3OS. The van der Waals surface area contributed by atoms with E-state index in [1.165, 1.54) is 30.5 Å². The van der Waals surface area contributed by atoms with Crippen molar-refractivity contribution in [1.82, 2.24) is 4.98 Å². The number of pyridine rings is 1. The number of carbonyl (C=O) groups is 1. The third-order valence-corrected chi connectivity index (χ3v) is 5.50. The monoisotopic (exact) mass is 413 g/mol. The molecule has 0 amide bonds. The average Bonchev–Trinajstić information content (AvgIpc) is 2.61. The molecule has 2 heterocycles. The van der Waals surface area contributed by atoms with Crippen LogP contribution in [0.15, 0.2) is 41.5 Å². The molecule has 0 bridgehead atoms. The van der Waals surface area contributed by atoms with Crippen LogP contribution < -0.4 is 5.73 Å². The minimum Gasteiger partial charge on any atom is -0.379 e. The third-order valence-electron chi connectivity index (χ3n) is 4.38.